The number of thioether (sulfide) groups is 1. The average molecular weight is 670 g/mol. The number of morpholine rings is 1. The molecule has 2 heterocycles. The van der Waals surface area contributed by atoms with Crippen LogP contribution in [0.1, 0.15) is 22.3 Å². The van der Waals surface area contributed by atoms with Crippen molar-refractivity contribution in [3.8, 4) is 16.9 Å². The zero-order chi connectivity index (χ0) is 31.9. The number of thiocarbonyl (C=S) groups is 1. The fourth-order valence-corrected chi connectivity index (χ4v) is 6.20. The first-order chi connectivity index (χ1) is 21.7. The van der Waals surface area contributed by atoms with Crippen LogP contribution in [0.2, 0.25) is 5.02 Å². The van der Waals surface area contributed by atoms with E-state index in [9.17, 15) is 18.8 Å². The molecule has 2 fully saturated rings. The van der Waals surface area contributed by atoms with Crippen LogP contribution in [0.5, 0.6) is 5.75 Å². The summed E-state index contributed by atoms with van der Waals surface area (Å²) in [5, 5.41) is 11.7. The minimum absolute atomic E-state index is 0.00192. The summed E-state index contributed by atoms with van der Waals surface area (Å²) in [6.45, 7) is 4.24. The number of rotatable bonds is 11. The molecule has 5 rings (SSSR count). The van der Waals surface area contributed by atoms with Crippen molar-refractivity contribution < 1.29 is 33.4 Å². The van der Waals surface area contributed by atoms with Crippen LogP contribution in [0.3, 0.4) is 0 Å². The topological polar surface area (TPSA) is 108 Å². The van der Waals surface area contributed by atoms with Crippen LogP contribution < -0.4 is 10.1 Å². The van der Waals surface area contributed by atoms with E-state index < -0.39 is 11.8 Å². The fourth-order valence-electron chi connectivity index (χ4n) is 4.72. The highest BCUT2D eigenvalue weighted by Crippen LogP contribution is 2.36. The monoisotopic (exact) mass is 669 g/mol. The maximum Gasteiger partial charge on any atom is 0.335 e. The molecule has 45 heavy (non-hydrogen) atoms. The summed E-state index contributed by atoms with van der Waals surface area (Å²) in [5.41, 5.74) is 2.64. The number of amides is 2. The molecular weight excluding hydrogens is 641 g/mol. The van der Waals surface area contributed by atoms with Gasteiger partial charge in [-0.05, 0) is 65.7 Å². The Bertz CT molecular complexity index is 1650. The lowest BCUT2D eigenvalue weighted by Crippen LogP contribution is -2.38. The van der Waals surface area contributed by atoms with Crippen LogP contribution in [0.4, 0.5) is 10.1 Å². The molecule has 0 bridgehead atoms. The summed E-state index contributed by atoms with van der Waals surface area (Å²) in [5.74, 6) is -1.69. The number of hydrogen-bond donors (Lipinski definition) is 2. The van der Waals surface area contributed by atoms with Gasteiger partial charge in [0, 0.05) is 43.9 Å². The van der Waals surface area contributed by atoms with Crippen LogP contribution in [-0.4, -0.2) is 83.0 Å². The minimum atomic E-state index is -1.06. The number of carbonyl (C=O) groups is 3. The van der Waals surface area contributed by atoms with Crippen LogP contribution >= 0.6 is 35.6 Å². The van der Waals surface area contributed by atoms with Gasteiger partial charge in [-0.3, -0.25) is 19.4 Å². The van der Waals surface area contributed by atoms with Gasteiger partial charge in [-0.1, -0.05) is 47.7 Å². The molecule has 0 aromatic heterocycles. The van der Waals surface area contributed by atoms with E-state index in [4.69, 9.17) is 38.4 Å². The molecule has 9 nitrogen and oxygen atoms in total. The van der Waals surface area contributed by atoms with Gasteiger partial charge in [-0.15, -0.1) is 0 Å². The molecule has 0 atom stereocenters. The van der Waals surface area contributed by atoms with Crippen LogP contribution in [-0.2, 0) is 14.3 Å². The molecule has 3 aromatic rings. The molecule has 2 aliphatic heterocycles. The largest absolute Gasteiger partial charge is 0.492 e. The Kier molecular flexibility index (Phi) is 10.8. The minimum Gasteiger partial charge on any atom is -0.492 e. The molecule has 3 aromatic carbocycles. The van der Waals surface area contributed by atoms with E-state index in [2.05, 4.69) is 10.2 Å². The Balaban J connectivity index is 1.30. The first kappa shape index (κ1) is 32.6. The maximum atomic E-state index is 13.8. The lowest BCUT2D eigenvalue weighted by Gasteiger charge is -2.26. The van der Waals surface area contributed by atoms with Crippen molar-refractivity contribution in [1.82, 2.24) is 9.80 Å². The molecule has 2 aliphatic rings. The van der Waals surface area contributed by atoms with Gasteiger partial charge in [-0.2, -0.15) is 0 Å². The van der Waals surface area contributed by atoms with E-state index in [0.29, 0.717) is 58.2 Å². The van der Waals surface area contributed by atoms with Crippen molar-refractivity contribution in [2.24, 2.45) is 0 Å². The molecular formula is C32H29ClFN3O6S2. The lowest BCUT2D eigenvalue weighted by atomic mass is 10.0. The van der Waals surface area contributed by atoms with Gasteiger partial charge in [-0.25, -0.2) is 9.18 Å². The van der Waals surface area contributed by atoms with Gasteiger partial charge >= 0.3 is 5.97 Å². The lowest BCUT2D eigenvalue weighted by molar-refractivity contribution is -0.122. The van der Waals surface area contributed by atoms with Gasteiger partial charge in [0.25, 0.3) is 5.91 Å². The number of anilines is 1. The normalized spacial score (nSPS) is 16.3. The number of hydrogen-bond acceptors (Lipinski definition) is 8. The second kappa shape index (κ2) is 15.0. The van der Waals surface area contributed by atoms with Crippen molar-refractivity contribution in [1.29, 1.82) is 0 Å². The van der Waals surface area contributed by atoms with Gasteiger partial charge < -0.3 is 19.9 Å². The summed E-state index contributed by atoms with van der Waals surface area (Å²) < 4.78 is 25.7. The van der Waals surface area contributed by atoms with Gasteiger partial charge in [0.15, 0.2) is 0 Å². The highest BCUT2D eigenvalue weighted by molar-refractivity contribution is 8.26. The summed E-state index contributed by atoms with van der Waals surface area (Å²) in [6.07, 6.45) is 1.69. The zero-order valence-corrected chi connectivity index (χ0v) is 26.4. The number of benzene rings is 3. The predicted molar refractivity (Wildman–Crippen MR) is 176 cm³/mol. The van der Waals surface area contributed by atoms with Crippen molar-refractivity contribution in [3.05, 3.63) is 87.5 Å². The number of carboxylic acids is 1. The number of halogens is 2. The predicted octanol–water partition coefficient (Wildman–Crippen LogP) is 5.79. The summed E-state index contributed by atoms with van der Waals surface area (Å²) in [6, 6.07) is 15.8. The molecule has 0 saturated carbocycles. The van der Waals surface area contributed by atoms with Crippen molar-refractivity contribution in [3.63, 3.8) is 0 Å². The van der Waals surface area contributed by atoms with Crippen molar-refractivity contribution in [2.45, 2.75) is 6.42 Å². The first-order valence-electron chi connectivity index (χ1n) is 14.1. The molecule has 0 spiro atoms. The Hall–Kier alpha value is -3.81. The second-order valence-electron chi connectivity index (χ2n) is 10.2. The molecule has 2 N–H and O–H groups in total. The second-order valence-corrected chi connectivity index (χ2v) is 12.3. The third-order valence-electron chi connectivity index (χ3n) is 7.17. The van der Waals surface area contributed by atoms with E-state index in [1.54, 1.807) is 18.2 Å². The number of nitrogens with zero attached hydrogens (tertiary/aromatic N) is 2. The highest BCUT2D eigenvalue weighted by Gasteiger charge is 2.32. The first-order valence-corrected chi connectivity index (χ1v) is 15.7. The number of aromatic carboxylic acids is 1. The summed E-state index contributed by atoms with van der Waals surface area (Å²) in [4.78, 5) is 41.0. The Labute approximate surface area is 273 Å². The molecule has 0 aliphatic carbocycles. The maximum absolute atomic E-state index is 13.8. The van der Waals surface area contributed by atoms with Crippen LogP contribution in [0, 0.1) is 5.82 Å². The van der Waals surface area contributed by atoms with E-state index >= 15 is 0 Å². The van der Waals surface area contributed by atoms with E-state index in [0.717, 1.165) is 30.4 Å². The van der Waals surface area contributed by atoms with Gasteiger partial charge in [0.2, 0.25) is 5.91 Å². The molecule has 0 radical (unpaired) electrons. The van der Waals surface area contributed by atoms with Gasteiger partial charge in [0.05, 0.1) is 28.7 Å². The molecule has 0 unspecified atom stereocenters. The molecule has 2 saturated heterocycles. The number of ether oxygens (including phenoxy) is 2. The van der Waals surface area contributed by atoms with E-state index in [1.807, 2.05) is 18.2 Å². The van der Waals surface area contributed by atoms with Gasteiger partial charge in [0.1, 0.15) is 22.5 Å². The SMILES string of the molecule is O=C(CCN1C(=O)C(=Cc2cc(-c3ccc(F)c(Cl)c3)ccc2OCCN2CCOCC2)SC1=S)Nc1ccc(C(=O)O)cc1. The van der Waals surface area contributed by atoms with Crippen LogP contribution in [0.25, 0.3) is 17.2 Å². The van der Waals surface area contributed by atoms with Crippen molar-refractivity contribution in [2.75, 3.05) is 51.3 Å². The Morgan fingerprint density at radius 2 is 1.78 bits per heavy atom. The zero-order valence-electron chi connectivity index (χ0n) is 24.0. The number of carboxylic acid groups (broad SMARTS) is 1. The number of carbonyl (C=O) groups excluding carboxylic acids is 2. The summed E-state index contributed by atoms with van der Waals surface area (Å²) >= 11 is 12.6. The Morgan fingerprint density at radius 3 is 2.49 bits per heavy atom. The van der Waals surface area contributed by atoms with Crippen LogP contribution in [0.15, 0.2) is 65.6 Å². The van der Waals surface area contributed by atoms with E-state index in [1.165, 1.54) is 35.2 Å². The highest BCUT2D eigenvalue weighted by atomic mass is 35.5. The molecule has 13 heteroatoms. The molecule has 234 valence electrons. The van der Waals surface area contributed by atoms with E-state index in [-0.39, 0.29) is 35.4 Å². The average Bonchev–Trinajstić information content (AvgIpc) is 3.30. The smallest absolute Gasteiger partial charge is 0.335 e. The standard InChI is InChI=1S/C32H29ClFN3O6S2/c33-25-18-22(3-7-26(25)34)21-4-8-27(43-16-13-36-11-14-42-15-12-36)23(17-21)19-28-30(39)37(32(44)45-28)10-9-29(38)35-24-5-1-20(2-6-24)31(40)41/h1-8,17-19H,9-16H2,(H,35,38)(H,40,41). The number of nitrogens with one attached hydrogen (secondary N) is 1. The Morgan fingerprint density at radius 1 is 1.07 bits per heavy atom. The summed E-state index contributed by atoms with van der Waals surface area (Å²) in [7, 11) is 0. The fraction of sp³-hybridized carbons (Fsp3) is 0.250. The van der Waals surface area contributed by atoms with Crippen molar-refractivity contribution >= 4 is 69.4 Å². The quantitative estimate of drug-likeness (QED) is 0.194. The molecule has 2 amide bonds. The third-order valence-corrected chi connectivity index (χ3v) is 8.84. The third kappa shape index (κ3) is 8.47.